The highest BCUT2D eigenvalue weighted by atomic mass is 32.1. The molecular formula is C25H50OS2. The molecule has 0 saturated carbocycles. The first kappa shape index (κ1) is 28.2. The quantitative estimate of drug-likeness (QED) is 0.104. The molecule has 1 atom stereocenters. The third kappa shape index (κ3) is 22.5. The maximum absolute atomic E-state index is 5.80. The van der Waals surface area contributed by atoms with Crippen LogP contribution >= 0.6 is 24.8 Å². The van der Waals surface area contributed by atoms with Gasteiger partial charge in [-0.1, -0.05) is 136 Å². The molecular weight excluding hydrogens is 380 g/mol. The van der Waals surface area contributed by atoms with Crippen molar-refractivity contribution in [3.63, 3.8) is 0 Å². The van der Waals surface area contributed by atoms with Gasteiger partial charge in [-0.2, -0.15) is 0 Å². The molecule has 28 heavy (non-hydrogen) atoms. The minimum Gasteiger partial charge on any atom is -0.475 e. The van der Waals surface area contributed by atoms with Crippen LogP contribution < -0.4 is 0 Å². The van der Waals surface area contributed by atoms with Crippen molar-refractivity contribution in [1.82, 2.24) is 0 Å². The Morgan fingerprint density at radius 3 is 1.14 bits per heavy atom. The molecule has 0 radical (unpaired) electrons. The number of thiocarbonyl (C=S) groups is 1. The predicted octanol–water partition coefficient (Wildman–Crippen LogP) is 9.82. The van der Waals surface area contributed by atoms with Crippen LogP contribution in [0.2, 0.25) is 0 Å². The van der Waals surface area contributed by atoms with Gasteiger partial charge in [0.15, 0.2) is 0 Å². The minimum absolute atomic E-state index is 0.295. The molecule has 1 nitrogen and oxygen atoms in total. The van der Waals surface area contributed by atoms with E-state index in [-0.39, 0.29) is 0 Å². The Bertz CT molecular complexity index is 320. The highest BCUT2D eigenvalue weighted by Gasteiger charge is 2.10. The lowest BCUT2D eigenvalue weighted by Gasteiger charge is -2.18. The van der Waals surface area contributed by atoms with Gasteiger partial charge in [0.2, 0.25) is 4.38 Å². The first-order valence-corrected chi connectivity index (χ1v) is 13.5. The third-order valence-electron chi connectivity index (χ3n) is 5.78. The van der Waals surface area contributed by atoms with Crippen LogP contribution in [0.25, 0.3) is 0 Å². The van der Waals surface area contributed by atoms with E-state index < -0.39 is 0 Å². The van der Waals surface area contributed by atoms with Crippen LogP contribution in [0, 0.1) is 0 Å². The van der Waals surface area contributed by atoms with Gasteiger partial charge in [-0.3, -0.25) is 0 Å². The van der Waals surface area contributed by atoms with Crippen LogP contribution in [0.4, 0.5) is 0 Å². The molecule has 0 fully saturated rings. The molecule has 0 aliphatic carbocycles. The summed E-state index contributed by atoms with van der Waals surface area (Å²) in [5.74, 6) is 0. The lowest BCUT2D eigenvalue weighted by atomic mass is 10.0. The van der Waals surface area contributed by atoms with E-state index in [2.05, 4.69) is 26.5 Å². The Hall–Kier alpha value is 0.240. The zero-order chi connectivity index (χ0) is 20.7. The number of ether oxygens (including phenoxy) is 1. The average Bonchev–Trinajstić information content (AvgIpc) is 2.67. The highest BCUT2D eigenvalue weighted by Crippen LogP contribution is 2.18. The Labute approximate surface area is 188 Å². The molecule has 0 aliphatic rings. The zero-order valence-corrected chi connectivity index (χ0v) is 20.9. The fraction of sp³-hybridized carbons (Fsp3) is 0.960. The second kappa shape index (κ2) is 23.5. The van der Waals surface area contributed by atoms with Gasteiger partial charge in [0.1, 0.15) is 6.10 Å². The van der Waals surface area contributed by atoms with Crippen LogP contribution in [0.5, 0.6) is 0 Å². The summed E-state index contributed by atoms with van der Waals surface area (Å²) in [5.41, 5.74) is 0. The summed E-state index contributed by atoms with van der Waals surface area (Å²) in [6.07, 6.45) is 28.8. The normalized spacial score (nSPS) is 12.2. The minimum atomic E-state index is 0.295. The van der Waals surface area contributed by atoms with Gasteiger partial charge in [-0.25, -0.2) is 0 Å². The van der Waals surface area contributed by atoms with Crippen molar-refractivity contribution < 1.29 is 4.74 Å². The lowest BCUT2D eigenvalue weighted by molar-refractivity contribution is 0.171. The highest BCUT2D eigenvalue weighted by molar-refractivity contribution is 8.10. The molecule has 0 bridgehead atoms. The number of rotatable bonds is 22. The van der Waals surface area contributed by atoms with Crippen molar-refractivity contribution in [1.29, 1.82) is 0 Å². The van der Waals surface area contributed by atoms with Gasteiger partial charge in [0.25, 0.3) is 0 Å². The van der Waals surface area contributed by atoms with Crippen LogP contribution in [-0.2, 0) is 4.74 Å². The Kier molecular flexibility index (Phi) is 23.7. The lowest BCUT2D eigenvalue weighted by Crippen LogP contribution is -2.14. The van der Waals surface area contributed by atoms with Gasteiger partial charge >= 0.3 is 0 Å². The van der Waals surface area contributed by atoms with E-state index in [1.165, 1.54) is 122 Å². The first-order chi connectivity index (χ1) is 13.7. The maximum atomic E-state index is 5.80. The molecule has 0 aromatic heterocycles. The van der Waals surface area contributed by atoms with Gasteiger partial charge in [0.05, 0.1) is 0 Å². The molecule has 0 aromatic rings. The Morgan fingerprint density at radius 2 is 0.857 bits per heavy atom. The first-order valence-electron chi connectivity index (χ1n) is 12.6. The van der Waals surface area contributed by atoms with Crippen LogP contribution in [0.15, 0.2) is 0 Å². The van der Waals surface area contributed by atoms with E-state index in [0.29, 0.717) is 10.5 Å². The van der Waals surface area contributed by atoms with Crippen molar-refractivity contribution in [2.24, 2.45) is 0 Å². The third-order valence-corrected chi connectivity index (χ3v) is 5.98. The summed E-state index contributed by atoms with van der Waals surface area (Å²) in [6, 6.07) is 0. The second-order valence-corrected chi connectivity index (χ2v) is 9.67. The van der Waals surface area contributed by atoms with Crippen LogP contribution in [-0.4, -0.2) is 10.5 Å². The van der Waals surface area contributed by atoms with Gasteiger partial charge in [-0.05, 0) is 37.9 Å². The molecule has 0 aromatic carbocycles. The Balaban J connectivity index is 3.57. The summed E-state index contributed by atoms with van der Waals surface area (Å²) in [7, 11) is 0. The number of unbranched alkanes of at least 4 members (excludes halogenated alkanes) is 17. The van der Waals surface area contributed by atoms with E-state index in [1.54, 1.807) is 0 Å². The molecule has 0 saturated heterocycles. The predicted molar refractivity (Wildman–Crippen MR) is 135 cm³/mol. The van der Waals surface area contributed by atoms with E-state index in [1.807, 2.05) is 0 Å². The van der Waals surface area contributed by atoms with Gasteiger partial charge < -0.3 is 4.74 Å². The standard InChI is InChI=1S/C25H50OS2/c1-3-5-7-9-11-13-15-17-19-21-23-24(26-25(27)28)22-20-18-16-14-12-10-8-6-4-2/h24H,3-23H2,1-2H3,(H,27,28). The van der Waals surface area contributed by atoms with E-state index in [4.69, 9.17) is 17.0 Å². The van der Waals surface area contributed by atoms with Crippen LogP contribution in [0.1, 0.15) is 149 Å². The summed E-state index contributed by atoms with van der Waals surface area (Å²) >= 11 is 9.26. The van der Waals surface area contributed by atoms with Crippen molar-refractivity contribution in [3.8, 4) is 0 Å². The molecule has 0 rings (SSSR count). The van der Waals surface area contributed by atoms with Gasteiger partial charge in [-0.15, -0.1) is 0 Å². The van der Waals surface area contributed by atoms with E-state index in [0.717, 1.165) is 12.8 Å². The van der Waals surface area contributed by atoms with Crippen LogP contribution in [0.3, 0.4) is 0 Å². The van der Waals surface area contributed by atoms with Crippen molar-refractivity contribution in [2.45, 2.75) is 155 Å². The SMILES string of the molecule is CCCCCCCCCCCCC(CCCCCCCCCCC)OC(=S)S. The number of hydrogen-bond acceptors (Lipinski definition) is 2. The topological polar surface area (TPSA) is 9.23 Å². The molecule has 3 heteroatoms. The molecule has 0 N–H and O–H groups in total. The number of hydrogen-bond donors (Lipinski definition) is 1. The van der Waals surface area contributed by atoms with Crippen molar-refractivity contribution in [2.75, 3.05) is 0 Å². The second-order valence-electron chi connectivity index (χ2n) is 8.59. The smallest absolute Gasteiger partial charge is 0.217 e. The van der Waals surface area contributed by atoms with E-state index in [9.17, 15) is 0 Å². The molecule has 1 unspecified atom stereocenters. The summed E-state index contributed by atoms with van der Waals surface area (Å²) in [6.45, 7) is 4.57. The summed E-state index contributed by atoms with van der Waals surface area (Å²) in [4.78, 5) is 0. The maximum Gasteiger partial charge on any atom is 0.217 e. The molecule has 0 spiro atoms. The summed E-state index contributed by atoms with van der Waals surface area (Å²) < 4.78 is 6.22. The molecule has 168 valence electrons. The molecule has 0 amide bonds. The molecule has 0 heterocycles. The average molecular weight is 431 g/mol. The van der Waals surface area contributed by atoms with E-state index >= 15 is 0 Å². The zero-order valence-electron chi connectivity index (χ0n) is 19.2. The van der Waals surface area contributed by atoms with Gasteiger partial charge in [0, 0.05) is 0 Å². The van der Waals surface area contributed by atoms with Crippen molar-refractivity contribution in [3.05, 3.63) is 0 Å². The monoisotopic (exact) mass is 430 g/mol. The Morgan fingerprint density at radius 1 is 0.571 bits per heavy atom. The fourth-order valence-corrected chi connectivity index (χ4v) is 4.23. The fourth-order valence-electron chi connectivity index (χ4n) is 3.95. The van der Waals surface area contributed by atoms with Crippen molar-refractivity contribution >= 4 is 29.2 Å². The molecule has 0 aliphatic heterocycles. The largest absolute Gasteiger partial charge is 0.475 e. The number of thiol groups is 1. The summed E-state index contributed by atoms with van der Waals surface area (Å²) in [5, 5.41) is 0.